The SMILES string of the molecule is CN(C)c1ncnc2ccc(N3CCN(CCN4CCCCCC4)CC3)cc12. The maximum Gasteiger partial charge on any atom is 0.139 e. The minimum Gasteiger partial charge on any atom is -0.369 e. The van der Waals surface area contributed by atoms with Gasteiger partial charge in [-0.2, -0.15) is 0 Å². The van der Waals surface area contributed by atoms with Gasteiger partial charge < -0.3 is 14.7 Å². The van der Waals surface area contributed by atoms with Crippen LogP contribution in [-0.4, -0.2) is 86.2 Å². The third kappa shape index (κ3) is 4.55. The quantitative estimate of drug-likeness (QED) is 0.792. The molecule has 2 aliphatic rings. The topological polar surface area (TPSA) is 38.7 Å². The number of aromatic nitrogens is 2. The Morgan fingerprint density at radius 2 is 1.50 bits per heavy atom. The molecule has 0 atom stereocenters. The summed E-state index contributed by atoms with van der Waals surface area (Å²) in [5.41, 5.74) is 2.30. The summed E-state index contributed by atoms with van der Waals surface area (Å²) in [6.07, 6.45) is 7.26. The van der Waals surface area contributed by atoms with Gasteiger partial charge in [-0.1, -0.05) is 12.8 Å². The molecule has 0 unspecified atom stereocenters. The van der Waals surface area contributed by atoms with Crippen molar-refractivity contribution < 1.29 is 0 Å². The van der Waals surface area contributed by atoms with E-state index in [1.54, 1.807) is 6.33 Å². The summed E-state index contributed by atoms with van der Waals surface area (Å²) in [6, 6.07) is 6.60. The molecule has 0 aliphatic carbocycles. The Balaban J connectivity index is 1.35. The molecule has 0 spiro atoms. The second kappa shape index (κ2) is 9.05. The second-order valence-electron chi connectivity index (χ2n) is 8.38. The lowest BCUT2D eigenvalue weighted by Gasteiger charge is -2.37. The molecular formula is C22H34N6. The lowest BCUT2D eigenvalue weighted by atomic mass is 10.1. The van der Waals surface area contributed by atoms with E-state index in [2.05, 4.69) is 47.8 Å². The number of likely N-dealkylation sites (tertiary alicyclic amines) is 1. The number of piperazine rings is 1. The highest BCUT2D eigenvalue weighted by molar-refractivity contribution is 5.91. The van der Waals surface area contributed by atoms with Crippen molar-refractivity contribution in [3.05, 3.63) is 24.5 Å². The highest BCUT2D eigenvalue weighted by Gasteiger charge is 2.19. The highest BCUT2D eigenvalue weighted by atomic mass is 15.3. The number of hydrogen-bond donors (Lipinski definition) is 0. The van der Waals surface area contributed by atoms with Crippen molar-refractivity contribution in [2.75, 3.05) is 76.3 Å². The second-order valence-corrected chi connectivity index (χ2v) is 8.38. The Morgan fingerprint density at radius 1 is 0.821 bits per heavy atom. The van der Waals surface area contributed by atoms with Crippen molar-refractivity contribution in [1.82, 2.24) is 19.8 Å². The van der Waals surface area contributed by atoms with E-state index in [0.29, 0.717) is 0 Å². The van der Waals surface area contributed by atoms with E-state index >= 15 is 0 Å². The third-order valence-electron chi connectivity index (χ3n) is 6.19. The van der Waals surface area contributed by atoms with E-state index in [1.165, 1.54) is 57.5 Å². The van der Waals surface area contributed by atoms with E-state index in [9.17, 15) is 0 Å². The minimum atomic E-state index is 0.989. The molecule has 28 heavy (non-hydrogen) atoms. The van der Waals surface area contributed by atoms with Crippen molar-refractivity contribution in [1.29, 1.82) is 0 Å². The molecule has 1 aromatic carbocycles. The Labute approximate surface area is 169 Å². The normalized spacial score (nSPS) is 19.7. The molecule has 2 fully saturated rings. The summed E-state index contributed by atoms with van der Waals surface area (Å²) in [6.45, 7) is 9.53. The van der Waals surface area contributed by atoms with Crippen LogP contribution in [0.2, 0.25) is 0 Å². The summed E-state index contributed by atoms with van der Waals surface area (Å²) in [7, 11) is 4.08. The van der Waals surface area contributed by atoms with Crippen molar-refractivity contribution in [2.24, 2.45) is 0 Å². The van der Waals surface area contributed by atoms with Crippen LogP contribution < -0.4 is 9.80 Å². The van der Waals surface area contributed by atoms with Crippen LogP contribution in [0, 0.1) is 0 Å². The van der Waals surface area contributed by atoms with E-state index in [0.717, 1.165) is 42.9 Å². The molecular weight excluding hydrogens is 348 g/mol. The lowest BCUT2D eigenvalue weighted by Crippen LogP contribution is -2.48. The van der Waals surface area contributed by atoms with Gasteiger partial charge in [0.1, 0.15) is 12.1 Å². The van der Waals surface area contributed by atoms with Gasteiger partial charge in [-0.25, -0.2) is 9.97 Å². The first-order valence-electron chi connectivity index (χ1n) is 10.8. The third-order valence-corrected chi connectivity index (χ3v) is 6.19. The number of hydrogen-bond acceptors (Lipinski definition) is 6. The molecule has 0 N–H and O–H groups in total. The summed E-state index contributed by atoms with van der Waals surface area (Å²) >= 11 is 0. The smallest absolute Gasteiger partial charge is 0.139 e. The fourth-order valence-electron chi connectivity index (χ4n) is 4.46. The van der Waals surface area contributed by atoms with Crippen molar-refractivity contribution in [2.45, 2.75) is 25.7 Å². The number of nitrogens with zero attached hydrogens (tertiary/aromatic N) is 6. The molecule has 0 radical (unpaired) electrons. The summed E-state index contributed by atoms with van der Waals surface area (Å²) in [4.78, 5) is 18.8. The average molecular weight is 383 g/mol. The van der Waals surface area contributed by atoms with E-state index < -0.39 is 0 Å². The maximum absolute atomic E-state index is 4.46. The van der Waals surface area contributed by atoms with Crippen molar-refractivity contribution >= 4 is 22.4 Å². The summed E-state index contributed by atoms with van der Waals surface area (Å²) in [5.74, 6) is 0.989. The minimum absolute atomic E-state index is 0.989. The molecule has 6 heteroatoms. The molecule has 1 aromatic heterocycles. The Bertz CT molecular complexity index is 761. The van der Waals surface area contributed by atoms with Crippen LogP contribution in [-0.2, 0) is 0 Å². The Kier molecular flexibility index (Phi) is 6.27. The molecule has 3 heterocycles. The van der Waals surface area contributed by atoms with Gasteiger partial charge in [0.15, 0.2) is 0 Å². The Morgan fingerprint density at radius 3 is 2.18 bits per heavy atom. The average Bonchev–Trinajstić information content (AvgIpc) is 3.00. The van der Waals surface area contributed by atoms with Crippen LogP contribution in [0.5, 0.6) is 0 Å². The van der Waals surface area contributed by atoms with Crippen molar-refractivity contribution in [3.8, 4) is 0 Å². The molecule has 0 saturated carbocycles. The standard InChI is InChI=1S/C22H34N6/c1-25(2)22-20-17-19(7-8-21(20)23-18-24-22)28-15-13-27(14-16-28)12-11-26-9-5-3-4-6-10-26/h7-8,17-18H,3-6,9-16H2,1-2H3. The monoisotopic (exact) mass is 382 g/mol. The van der Waals surface area contributed by atoms with Gasteiger partial charge in [0.05, 0.1) is 5.52 Å². The van der Waals surface area contributed by atoms with E-state index in [-0.39, 0.29) is 0 Å². The zero-order valence-electron chi connectivity index (χ0n) is 17.5. The molecule has 2 saturated heterocycles. The molecule has 0 bridgehead atoms. The Hall–Kier alpha value is -1.92. The largest absolute Gasteiger partial charge is 0.369 e. The highest BCUT2D eigenvalue weighted by Crippen LogP contribution is 2.27. The van der Waals surface area contributed by atoms with E-state index in [4.69, 9.17) is 0 Å². The summed E-state index contributed by atoms with van der Waals surface area (Å²) < 4.78 is 0. The zero-order valence-corrected chi connectivity index (χ0v) is 17.5. The van der Waals surface area contributed by atoms with Crippen LogP contribution in [0.4, 0.5) is 11.5 Å². The van der Waals surface area contributed by atoms with Gasteiger partial charge in [0.25, 0.3) is 0 Å². The number of rotatable bonds is 5. The fourth-order valence-corrected chi connectivity index (χ4v) is 4.46. The van der Waals surface area contributed by atoms with Gasteiger partial charge in [-0.3, -0.25) is 4.90 Å². The molecule has 152 valence electrons. The molecule has 0 amide bonds. The lowest BCUT2D eigenvalue weighted by molar-refractivity contribution is 0.200. The molecule has 2 aliphatic heterocycles. The maximum atomic E-state index is 4.46. The van der Waals surface area contributed by atoms with Crippen LogP contribution in [0.15, 0.2) is 24.5 Å². The fraction of sp³-hybridized carbons (Fsp3) is 0.636. The van der Waals surface area contributed by atoms with Gasteiger partial charge in [-0.15, -0.1) is 0 Å². The van der Waals surface area contributed by atoms with Gasteiger partial charge in [0, 0.05) is 64.4 Å². The van der Waals surface area contributed by atoms with Gasteiger partial charge in [0.2, 0.25) is 0 Å². The van der Waals surface area contributed by atoms with E-state index in [1.807, 2.05) is 14.1 Å². The van der Waals surface area contributed by atoms with Gasteiger partial charge in [-0.05, 0) is 44.1 Å². The molecule has 6 nitrogen and oxygen atoms in total. The van der Waals surface area contributed by atoms with Gasteiger partial charge >= 0.3 is 0 Å². The van der Waals surface area contributed by atoms with Crippen LogP contribution in [0.1, 0.15) is 25.7 Å². The van der Waals surface area contributed by atoms with Crippen LogP contribution >= 0.6 is 0 Å². The number of benzene rings is 1. The predicted molar refractivity (Wildman–Crippen MR) is 117 cm³/mol. The molecule has 4 rings (SSSR count). The van der Waals surface area contributed by atoms with Crippen molar-refractivity contribution in [3.63, 3.8) is 0 Å². The first kappa shape index (κ1) is 19.4. The first-order chi connectivity index (χ1) is 13.7. The predicted octanol–water partition coefficient (Wildman–Crippen LogP) is 2.69. The van der Waals surface area contributed by atoms with Crippen LogP contribution in [0.3, 0.4) is 0 Å². The number of anilines is 2. The first-order valence-corrected chi connectivity index (χ1v) is 10.8. The van der Waals surface area contributed by atoms with Crippen LogP contribution in [0.25, 0.3) is 10.9 Å². The summed E-state index contributed by atoms with van der Waals surface area (Å²) in [5, 5.41) is 1.13. The number of fused-ring (bicyclic) bond motifs is 1. The molecule has 2 aromatic rings. The zero-order chi connectivity index (χ0) is 19.3.